The summed E-state index contributed by atoms with van der Waals surface area (Å²) in [7, 11) is 0. The zero-order valence-electron chi connectivity index (χ0n) is 27.5. The second-order valence-corrected chi connectivity index (χ2v) is 13.4. The standard InChI is InChI=1S/C32H44O13/c1-14-22(40-15(2)33)11-21-26(43-18(5)36)28-31(10,23(41-16(3)34)12-24(42-17(4)35)32(28)13-39-32)29(45-20(7)38)27(44-19(6)37)25(14)30(21,8)9/h21-24,26-29H,11-13H2,1-10H3/t21-,22?,23?,24?,26?,27?,28-,29?,31+,32-/m0/s1. The second kappa shape index (κ2) is 12.0. The number of epoxide rings is 1. The lowest BCUT2D eigenvalue weighted by Crippen LogP contribution is -2.72. The maximum atomic E-state index is 12.9. The van der Waals surface area contributed by atoms with Gasteiger partial charge in [-0.25, -0.2) is 0 Å². The van der Waals surface area contributed by atoms with Crippen molar-refractivity contribution in [1.29, 1.82) is 0 Å². The van der Waals surface area contributed by atoms with Crippen molar-refractivity contribution in [2.24, 2.45) is 22.7 Å². The van der Waals surface area contributed by atoms with E-state index in [1.54, 1.807) is 13.8 Å². The van der Waals surface area contributed by atoms with Crippen molar-refractivity contribution in [3.63, 3.8) is 0 Å². The molecule has 0 aromatic rings. The van der Waals surface area contributed by atoms with Crippen LogP contribution in [0.25, 0.3) is 0 Å². The zero-order chi connectivity index (χ0) is 33.8. The topological polar surface area (TPSA) is 170 Å². The smallest absolute Gasteiger partial charge is 0.303 e. The maximum Gasteiger partial charge on any atom is 0.303 e. The Bertz CT molecular complexity index is 1310. The van der Waals surface area contributed by atoms with Gasteiger partial charge >= 0.3 is 35.8 Å². The van der Waals surface area contributed by atoms with E-state index in [0.717, 1.165) is 0 Å². The lowest BCUT2D eigenvalue weighted by Gasteiger charge is -2.62. The number of fused-ring (bicyclic) bond motifs is 4. The summed E-state index contributed by atoms with van der Waals surface area (Å²) in [6.45, 7) is 14.8. The molecule has 0 radical (unpaired) electrons. The van der Waals surface area contributed by atoms with E-state index in [2.05, 4.69) is 0 Å². The minimum Gasteiger partial charge on any atom is -0.462 e. The third-order valence-corrected chi connectivity index (χ3v) is 10.0. The van der Waals surface area contributed by atoms with E-state index < -0.39 is 101 Å². The Morgan fingerprint density at radius 1 is 0.667 bits per heavy atom. The minimum atomic E-state index is -1.45. The van der Waals surface area contributed by atoms with E-state index in [4.69, 9.17) is 33.2 Å². The Kier molecular flexibility index (Phi) is 9.20. The lowest BCUT2D eigenvalue weighted by molar-refractivity contribution is -0.258. The summed E-state index contributed by atoms with van der Waals surface area (Å²) in [5.41, 5.74) is -2.50. The first-order valence-corrected chi connectivity index (χ1v) is 15.2. The molecule has 13 nitrogen and oxygen atoms in total. The molecule has 1 spiro atoms. The molecule has 0 aromatic carbocycles. The third-order valence-electron chi connectivity index (χ3n) is 10.0. The van der Waals surface area contributed by atoms with Crippen LogP contribution < -0.4 is 0 Å². The van der Waals surface area contributed by atoms with Gasteiger partial charge < -0.3 is 33.2 Å². The van der Waals surface area contributed by atoms with Gasteiger partial charge in [-0.1, -0.05) is 20.8 Å². The molecule has 3 fully saturated rings. The number of hydrogen-bond donors (Lipinski definition) is 0. The molecule has 13 heteroatoms. The molecule has 10 atom stereocenters. The van der Waals surface area contributed by atoms with E-state index in [0.29, 0.717) is 11.1 Å². The zero-order valence-corrected chi connectivity index (χ0v) is 27.5. The Hall–Kier alpha value is -3.48. The highest BCUT2D eigenvalue weighted by Gasteiger charge is 2.77. The van der Waals surface area contributed by atoms with Crippen LogP contribution in [-0.2, 0) is 61.9 Å². The molecule has 1 aliphatic heterocycles. The summed E-state index contributed by atoms with van der Waals surface area (Å²) in [6, 6.07) is 0. The molecule has 45 heavy (non-hydrogen) atoms. The largest absolute Gasteiger partial charge is 0.462 e. The van der Waals surface area contributed by atoms with Crippen LogP contribution >= 0.6 is 0 Å². The van der Waals surface area contributed by atoms with E-state index in [1.165, 1.54) is 41.5 Å². The molecule has 4 aliphatic rings. The van der Waals surface area contributed by atoms with Crippen LogP contribution in [0.2, 0.25) is 0 Å². The van der Waals surface area contributed by atoms with Crippen LogP contribution in [0.1, 0.15) is 82.1 Å². The van der Waals surface area contributed by atoms with Gasteiger partial charge in [-0.05, 0) is 29.9 Å². The summed E-state index contributed by atoms with van der Waals surface area (Å²) in [4.78, 5) is 76.0. The average molecular weight is 637 g/mol. The Labute approximate surface area is 262 Å². The van der Waals surface area contributed by atoms with Gasteiger partial charge in [0.2, 0.25) is 0 Å². The molecular weight excluding hydrogens is 592 g/mol. The van der Waals surface area contributed by atoms with Gasteiger partial charge in [0.05, 0.1) is 12.0 Å². The van der Waals surface area contributed by atoms with Gasteiger partial charge in [0.1, 0.15) is 30.0 Å². The van der Waals surface area contributed by atoms with E-state index in [1.807, 2.05) is 13.8 Å². The number of carbonyl (C=O) groups is 6. The molecule has 2 saturated carbocycles. The van der Waals surface area contributed by atoms with Crippen molar-refractivity contribution >= 4 is 35.8 Å². The van der Waals surface area contributed by atoms with Crippen LogP contribution in [0.15, 0.2) is 11.1 Å². The van der Waals surface area contributed by atoms with Crippen molar-refractivity contribution in [1.82, 2.24) is 0 Å². The highest BCUT2D eigenvalue weighted by atomic mass is 16.6. The first-order valence-electron chi connectivity index (χ1n) is 15.2. The summed E-state index contributed by atoms with van der Waals surface area (Å²) in [5, 5.41) is 0. The first-order chi connectivity index (χ1) is 20.8. The highest BCUT2D eigenvalue weighted by Crippen LogP contribution is 2.66. The van der Waals surface area contributed by atoms with Gasteiger partial charge in [-0.2, -0.15) is 0 Å². The SMILES string of the molecule is CC(=O)OC1C[C@H]2C(OC(C)=O)[C@H]3[C@@](C)(C(OC(C)=O)CC(OC(C)=O)[C@@]34CO4)C(OC(C)=O)C(OC(C)=O)C(=C1C)C2(C)C. The monoisotopic (exact) mass is 636 g/mol. The predicted molar refractivity (Wildman–Crippen MR) is 153 cm³/mol. The Balaban J connectivity index is 2.15. The van der Waals surface area contributed by atoms with Crippen LogP contribution in [0.4, 0.5) is 0 Å². The molecule has 0 N–H and O–H groups in total. The summed E-state index contributed by atoms with van der Waals surface area (Å²) in [6.07, 6.45) is -6.25. The molecule has 250 valence electrons. The molecule has 0 amide bonds. The molecule has 2 bridgehead atoms. The van der Waals surface area contributed by atoms with Gasteiger partial charge in [0, 0.05) is 59.8 Å². The van der Waals surface area contributed by atoms with Gasteiger partial charge in [-0.3, -0.25) is 28.8 Å². The van der Waals surface area contributed by atoms with Crippen LogP contribution in [0.5, 0.6) is 0 Å². The Morgan fingerprint density at radius 3 is 1.62 bits per heavy atom. The van der Waals surface area contributed by atoms with Gasteiger partial charge in [-0.15, -0.1) is 0 Å². The summed E-state index contributed by atoms with van der Waals surface area (Å²) < 4.78 is 42.1. The first kappa shape index (κ1) is 34.4. The number of carbonyl (C=O) groups excluding carboxylic acids is 6. The van der Waals surface area contributed by atoms with Crippen molar-refractivity contribution in [3.05, 3.63) is 11.1 Å². The Morgan fingerprint density at radius 2 is 1.16 bits per heavy atom. The molecule has 3 aliphatic carbocycles. The molecule has 1 saturated heterocycles. The molecule has 6 unspecified atom stereocenters. The van der Waals surface area contributed by atoms with Crippen molar-refractivity contribution in [3.8, 4) is 0 Å². The maximum absolute atomic E-state index is 12.9. The number of esters is 6. The van der Waals surface area contributed by atoms with Crippen LogP contribution in [-0.4, -0.2) is 84.6 Å². The van der Waals surface area contributed by atoms with Gasteiger partial charge in [0.15, 0.2) is 12.2 Å². The number of rotatable bonds is 6. The molecule has 4 rings (SSSR count). The van der Waals surface area contributed by atoms with Crippen LogP contribution in [0.3, 0.4) is 0 Å². The van der Waals surface area contributed by atoms with E-state index in [9.17, 15) is 28.8 Å². The number of ether oxygens (including phenoxy) is 7. The quantitative estimate of drug-likeness (QED) is 0.181. The van der Waals surface area contributed by atoms with Gasteiger partial charge in [0.25, 0.3) is 0 Å². The molecule has 1 heterocycles. The summed E-state index contributed by atoms with van der Waals surface area (Å²) in [5.74, 6) is -5.35. The predicted octanol–water partition coefficient (Wildman–Crippen LogP) is 2.75. The van der Waals surface area contributed by atoms with Crippen molar-refractivity contribution in [2.45, 2.75) is 124 Å². The minimum absolute atomic E-state index is 0.0360. The van der Waals surface area contributed by atoms with Crippen LogP contribution in [0, 0.1) is 22.7 Å². The fraction of sp³-hybridized carbons (Fsp3) is 0.750. The third kappa shape index (κ3) is 6.07. The van der Waals surface area contributed by atoms with Crippen molar-refractivity contribution < 1.29 is 61.9 Å². The normalized spacial score (nSPS) is 38.0. The molecule has 0 aromatic heterocycles. The second-order valence-electron chi connectivity index (χ2n) is 13.4. The fourth-order valence-electron chi connectivity index (χ4n) is 8.51. The number of hydrogen-bond acceptors (Lipinski definition) is 13. The van der Waals surface area contributed by atoms with E-state index in [-0.39, 0.29) is 19.4 Å². The fourth-order valence-corrected chi connectivity index (χ4v) is 8.51. The lowest BCUT2D eigenvalue weighted by atomic mass is 9.47. The van der Waals surface area contributed by atoms with Crippen molar-refractivity contribution in [2.75, 3.05) is 6.61 Å². The van der Waals surface area contributed by atoms with E-state index >= 15 is 0 Å². The average Bonchev–Trinajstić information content (AvgIpc) is 3.65. The molecular formula is C32H44O13. The highest BCUT2D eigenvalue weighted by molar-refractivity contribution is 5.70. The summed E-state index contributed by atoms with van der Waals surface area (Å²) >= 11 is 0.